The van der Waals surface area contributed by atoms with Gasteiger partial charge in [-0.2, -0.15) is 0 Å². The van der Waals surface area contributed by atoms with Gasteiger partial charge in [0.2, 0.25) is 0 Å². The van der Waals surface area contributed by atoms with Gasteiger partial charge in [-0.15, -0.1) is 0 Å². The number of hydrogen-bond acceptors (Lipinski definition) is 4. The Kier molecular flexibility index (Phi) is 3.29. The molecule has 0 aromatic carbocycles. The van der Waals surface area contributed by atoms with Gasteiger partial charge >= 0.3 is 5.97 Å². The lowest BCUT2D eigenvalue weighted by Gasteiger charge is -2.04. The smallest absolute Gasteiger partial charge is 0.335 e. The summed E-state index contributed by atoms with van der Waals surface area (Å²) in [4.78, 5) is 30.2. The van der Waals surface area contributed by atoms with Gasteiger partial charge in [0.05, 0.1) is 11.1 Å². The molecule has 2 aromatic heterocycles. The Hall–Kier alpha value is -2.76. The van der Waals surface area contributed by atoms with Gasteiger partial charge in [-0.1, -0.05) is 0 Å². The topological polar surface area (TPSA) is 92.2 Å². The van der Waals surface area contributed by atoms with E-state index in [9.17, 15) is 9.59 Å². The van der Waals surface area contributed by atoms with Crippen molar-refractivity contribution in [3.63, 3.8) is 0 Å². The standard InChI is InChI=1S/C12H9N3O3/c16-11(9-2-1-4-13-7-9)15-10-6-8(12(17)18)3-5-14-10/h1-7H,(H,17,18)(H,14,15,16). The van der Waals surface area contributed by atoms with E-state index in [-0.39, 0.29) is 11.4 Å². The highest BCUT2D eigenvalue weighted by Crippen LogP contribution is 2.08. The molecule has 2 aromatic rings. The summed E-state index contributed by atoms with van der Waals surface area (Å²) in [6, 6.07) is 5.87. The molecule has 2 N–H and O–H groups in total. The van der Waals surface area contributed by atoms with Gasteiger partial charge in [-0.3, -0.25) is 9.78 Å². The highest BCUT2D eigenvalue weighted by Gasteiger charge is 2.08. The van der Waals surface area contributed by atoms with E-state index in [2.05, 4.69) is 15.3 Å². The lowest BCUT2D eigenvalue weighted by molar-refractivity contribution is 0.0696. The van der Waals surface area contributed by atoms with Crippen molar-refractivity contribution in [1.82, 2.24) is 9.97 Å². The van der Waals surface area contributed by atoms with Crippen LogP contribution < -0.4 is 5.32 Å². The molecule has 0 bridgehead atoms. The number of pyridine rings is 2. The molecule has 0 saturated carbocycles. The van der Waals surface area contributed by atoms with Crippen LogP contribution in [0.3, 0.4) is 0 Å². The zero-order valence-electron chi connectivity index (χ0n) is 9.20. The van der Waals surface area contributed by atoms with Crippen molar-refractivity contribution in [3.8, 4) is 0 Å². The number of carbonyl (C=O) groups excluding carboxylic acids is 1. The molecule has 0 unspecified atom stereocenters. The lowest BCUT2D eigenvalue weighted by Crippen LogP contribution is -2.13. The molecule has 90 valence electrons. The molecule has 6 heteroatoms. The first-order chi connectivity index (χ1) is 8.66. The Morgan fingerprint density at radius 3 is 2.67 bits per heavy atom. The van der Waals surface area contributed by atoms with Gasteiger partial charge in [-0.25, -0.2) is 9.78 Å². The molecule has 2 heterocycles. The third-order valence-corrected chi connectivity index (χ3v) is 2.17. The van der Waals surface area contributed by atoms with Crippen LogP contribution in [0.25, 0.3) is 0 Å². The molecule has 2 rings (SSSR count). The van der Waals surface area contributed by atoms with Crippen LogP contribution in [0.4, 0.5) is 5.82 Å². The number of carboxylic acids is 1. The Balaban J connectivity index is 2.17. The highest BCUT2D eigenvalue weighted by atomic mass is 16.4. The summed E-state index contributed by atoms with van der Waals surface area (Å²) in [5, 5.41) is 11.3. The van der Waals surface area contributed by atoms with Crippen LogP contribution in [0.5, 0.6) is 0 Å². The van der Waals surface area contributed by atoms with Gasteiger partial charge in [0.15, 0.2) is 0 Å². The maximum atomic E-state index is 11.8. The first-order valence-corrected chi connectivity index (χ1v) is 5.07. The second-order valence-electron chi connectivity index (χ2n) is 3.43. The van der Waals surface area contributed by atoms with Gasteiger partial charge in [0, 0.05) is 18.6 Å². The number of aromatic nitrogens is 2. The van der Waals surface area contributed by atoms with E-state index >= 15 is 0 Å². The Morgan fingerprint density at radius 1 is 1.17 bits per heavy atom. The van der Waals surface area contributed by atoms with Crippen molar-refractivity contribution in [3.05, 3.63) is 54.0 Å². The monoisotopic (exact) mass is 243 g/mol. The van der Waals surface area contributed by atoms with E-state index in [0.29, 0.717) is 5.56 Å². The molecule has 0 aliphatic carbocycles. The molecule has 1 amide bonds. The number of rotatable bonds is 3. The number of nitrogens with one attached hydrogen (secondary N) is 1. The van der Waals surface area contributed by atoms with Crippen molar-refractivity contribution in [2.75, 3.05) is 5.32 Å². The first kappa shape index (κ1) is 11.7. The number of carbonyl (C=O) groups is 2. The summed E-state index contributed by atoms with van der Waals surface area (Å²) >= 11 is 0. The summed E-state index contributed by atoms with van der Waals surface area (Å²) < 4.78 is 0. The van der Waals surface area contributed by atoms with Gasteiger partial charge in [-0.05, 0) is 24.3 Å². The van der Waals surface area contributed by atoms with E-state index in [1.807, 2.05) is 0 Å². The average molecular weight is 243 g/mol. The summed E-state index contributed by atoms with van der Waals surface area (Å²) in [7, 11) is 0. The number of amides is 1. The van der Waals surface area contributed by atoms with E-state index < -0.39 is 11.9 Å². The predicted octanol–water partition coefficient (Wildman–Crippen LogP) is 1.43. The van der Waals surface area contributed by atoms with Crippen molar-refractivity contribution in [2.45, 2.75) is 0 Å². The van der Waals surface area contributed by atoms with E-state index in [1.165, 1.54) is 24.5 Å². The van der Waals surface area contributed by atoms with Crippen molar-refractivity contribution < 1.29 is 14.7 Å². The second-order valence-corrected chi connectivity index (χ2v) is 3.43. The molecule has 0 aliphatic heterocycles. The van der Waals surface area contributed by atoms with Crippen LogP contribution in [0.15, 0.2) is 42.9 Å². The van der Waals surface area contributed by atoms with Gasteiger partial charge in [0.25, 0.3) is 5.91 Å². The number of aromatic carboxylic acids is 1. The summed E-state index contributed by atoms with van der Waals surface area (Å²) in [6.07, 6.45) is 4.29. The fraction of sp³-hybridized carbons (Fsp3) is 0. The maximum Gasteiger partial charge on any atom is 0.335 e. The molecule has 0 atom stereocenters. The van der Waals surface area contributed by atoms with Gasteiger partial charge in [0.1, 0.15) is 5.82 Å². The van der Waals surface area contributed by atoms with Crippen LogP contribution in [-0.4, -0.2) is 27.0 Å². The number of anilines is 1. The van der Waals surface area contributed by atoms with E-state index in [1.54, 1.807) is 18.3 Å². The molecule has 0 radical (unpaired) electrons. The summed E-state index contributed by atoms with van der Waals surface area (Å²) in [5.41, 5.74) is 0.437. The minimum atomic E-state index is -1.07. The van der Waals surface area contributed by atoms with E-state index in [4.69, 9.17) is 5.11 Å². The summed E-state index contributed by atoms with van der Waals surface area (Å²) in [6.45, 7) is 0. The van der Waals surface area contributed by atoms with Gasteiger partial charge < -0.3 is 10.4 Å². The molecular weight excluding hydrogens is 234 g/mol. The minimum absolute atomic E-state index is 0.0616. The van der Waals surface area contributed by atoms with Crippen molar-refractivity contribution in [1.29, 1.82) is 0 Å². The Morgan fingerprint density at radius 2 is 2.00 bits per heavy atom. The lowest BCUT2D eigenvalue weighted by atomic mass is 10.2. The molecule has 0 saturated heterocycles. The normalized spacial score (nSPS) is 9.78. The van der Waals surface area contributed by atoms with Crippen molar-refractivity contribution >= 4 is 17.7 Å². The Labute approximate surface area is 102 Å². The molecule has 0 fully saturated rings. The Bertz CT molecular complexity index is 584. The molecule has 0 spiro atoms. The van der Waals surface area contributed by atoms with Crippen LogP contribution in [0.2, 0.25) is 0 Å². The third kappa shape index (κ3) is 2.67. The molecule has 0 aliphatic rings. The fourth-order valence-corrected chi connectivity index (χ4v) is 1.32. The van der Waals surface area contributed by atoms with Crippen LogP contribution >= 0.6 is 0 Å². The average Bonchev–Trinajstić information content (AvgIpc) is 2.40. The second kappa shape index (κ2) is 5.05. The number of nitrogens with zero attached hydrogens (tertiary/aromatic N) is 2. The minimum Gasteiger partial charge on any atom is -0.478 e. The molecule has 18 heavy (non-hydrogen) atoms. The van der Waals surface area contributed by atoms with E-state index in [0.717, 1.165) is 0 Å². The number of hydrogen-bond donors (Lipinski definition) is 2. The third-order valence-electron chi connectivity index (χ3n) is 2.17. The molecular formula is C12H9N3O3. The van der Waals surface area contributed by atoms with Crippen LogP contribution in [-0.2, 0) is 0 Å². The maximum absolute atomic E-state index is 11.8. The zero-order chi connectivity index (χ0) is 13.0. The quantitative estimate of drug-likeness (QED) is 0.850. The highest BCUT2D eigenvalue weighted by molar-refractivity contribution is 6.03. The summed E-state index contributed by atoms with van der Waals surface area (Å²) in [5.74, 6) is -1.28. The molecule has 6 nitrogen and oxygen atoms in total. The fourth-order valence-electron chi connectivity index (χ4n) is 1.32. The van der Waals surface area contributed by atoms with Crippen LogP contribution in [0, 0.1) is 0 Å². The SMILES string of the molecule is O=C(O)c1ccnc(NC(=O)c2cccnc2)c1. The van der Waals surface area contributed by atoms with Crippen molar-refractivity contribution in [2.24, 2.45) is 0 Å². The predicted molar refractivity (Wildman–Crippen MR) is 63.4 cm³/mol. The van der Waals surface area contributed by atoms with Crippen LogP contribution in [0.1, 0.15) is 20.7 Å². The number of carboxylic acid groups (broad SMARTS) is 1. The first-order valence-electron chi connectivity index (χ1n) is 5.07. The largest absolute Gasteiger partial charge is 0.478 e. The zero-order valence-corrected chi connectivity index (χ0v) is 9.20.